The number of hydrogen-bond donors (Lipinski definition) is 1. The van der Waals surface area contributed by atoms with Crippen molar-refractivity contribution in [3.8, 4) is 0 Å². The highest BCUT2D eigenvalue weighted by Gasteiger charge is 2.11. The SMILES string of the molecule is CCCC(C)COCc1cc(CNC(C)(C)C)sc1C. The summed E-state index contributed by atoms with van der Waals surface area (Å²) in [5, 5.41) is 3.54. The number of aryl methyl sites for hydroxylation is 1. The summed E-state index contributed by atoms with van der Waals surface area (Å²) in [6.45, 7) is 15.9. The van der Waals surface area contributed by atoms with Crippen molar-refractivity contribution in [1.82, 2.24) is 5.32 Å². The predicted octanol–water partition coefficient (Wildman–Crippen LogP) is 4.90. The molecule has 3 heteroatoms. The van der Waals surface area contributed by atoms with Gasteiger partial charge in [-0.25, -0.2) is 0 Å². The number of rotatable bonds is 8. The highest BCUT2D eigenvalue weighted by atomic mass is 32.1. The van der Waals surface area contributed by atoms with Crippen molar-refractivity contribution >= 4 is 11.3 Å². The van der Waals surface area contributed by atoms with Crippen LogP contribution in [0.5, 0.6) is 0 Å². The molecule has 0 aliphatic rings. The van der Waals surface area contributed by atoms with Gasteiger partial charge in [0.05, 0.1) is 6.61 Å². The fraction of sp³-hybridized carbons (Fsp3) is 0.765. The second-order valence-corrected chi connectivity index (χ2v) is 8.15. The number of nitrogens with one attached hydrogen (secondary N) is 1. The number of ether oxygens (including phenoxy) is 1. The Kier molecular flexibility index (Phi) is 7.21. The standard InChI is InChI=1S/C17H31NOS/c1-7-8-13(2)11-19-12-15-9-16(20-14(15)3)10-18-17(4,5)6/h9,13,18H,7-8,10-12H2,1-6H3. The van der Waals surface area contributed by atoms with Crippen molar-refractivity contribution in [2.75, 3.05) is 6.61 Å². The normalized spacial score (nSPS) is 13.7. The van der Waals surface area contributed by atoms with Gasteiger partial charge in [0.1, 0.15) is 0 Å². The van der Waals surface area contributed by atoms with Gasteiger partial charge in [0.25, 0.3) is 0 Å². The minimum Gasteiger partial charge on any atom is -0.376 e. The summed E-state index contributed by atoms with van der Waals surface area (Å²) in [7, 11) is 0. The van der Waals surface area contributed by atoms with E-state index in [2.05, 4.69) is 52.9 Å². The Hall–Kier alpha value is -0.380. The Labute approximate surface area is 128 Å². The highest BCUT2D eigenvalue weighted by molar-refractivity contribution is 7.12. The average Bonchev–Trinajstić information content (AvgIpc) is 2.67. The van der Waals surface area contributed by atoms with Gasteiger partial charge in [-0.05, 0) is 51.7 Å². The van der Waals surface area contributed by atoms with E-state index in [-0.39, 0.29) is 5.54 Å². The van der Waals surface area contributed by atoms with Crippen LogP contribution in [0.3, 0.4) is 0 Å². The smallest absolute Gasteiger partial charge is 0.0727 e. The molecule has 116 valence electrons. The quantitative estimate of drug-likeness (QED) is 0.737. The number of hydrogen-bond acceptors (Lipinski definition) is 3. The lowest BCUT2D eigenvalue weighted by molar-refractivity contribution is 0.0892. The van der Waals surface area contributed by atoms with Crippen LogP contribution in [-0.2, 0) is 17.9 Å². The summed E-state index contributed by atoms with van der Waals surface area (Å²) in [5.74, 6) is 0.668. The maximum Gasteiger partial charge on any atom is 0.0727 e. The molecule has 2 nitrogen and oxygen atoms in total. The Morgan fingerprint density at radius 3 is 2.65 bits per heavy atom. The molecule has 1 N–H and O–H groups in total. The first-order valence-electron chi connectivity index (χ1n) is 7.72. The molecule has 0 radical (unpaired) electrons. The van der Waals surface area contributed by atoms with Gasteiger partial charge in [-0.3, -0.25) is 0 Å². The van der Waals surface area contributed by atoms with E-state index in [9.17, 15) is 0 Å². The topological polar surface area (TPSA) is 21.3 Å². The highest BCUT2D eigenvalue weighted by Crippen LogP contribution is 2.23. The minimum absolute atomic E-state index is 0.171. The van der Waals surface area contributed by atoms with Gasteiger partial charge in [-0.2, -0.15) is 0 Å². The predicted molar refractivity (Wildman–Crippen MR) is 89.4 cm³/mol. The Balaban J connectivity index is 2.41. The van der Waals surface area contributed by atoms with E-state index in [1.54, 1.807) is 0 Å². The summed E-state index contributed by atoms with van der Waals surface area (Å²) in [6, 6.07) is 2.29. The maximum absolute atomic E-state index is 5.86. The first kappa shape index (κ1) is 17.7. The fourth-order valence-electron chi connectivity index (χ4n) is 2.12. The molecule has 0 amide bonds. The lowest BCUT2D eigenvalue weighted by Gasteiger charge is -2.19. The zero-order valence-corrected chi connectivity index (χ0v) is 14.8. The molecule has 1 unspecified atom stereocenters. The molecule has 0 bridgehead atoms. The molecule has 1 aromatic heterocycles. The van der Waals surface area contributed by atoms with Crippen LogP contribution in [0.15, 0.2) is 6.07 Å². The molecule has 1 atom stereocenters. The van der Waals surface area contributed by atoms with E-state index < -0.39 is 0 Å². The van der Waals surface area contributed by atoms with Crippen molar-refractivity contribution in [3.05, 3.63) is 21.4 Å². The first-order valence-corrected chi connectivity index (χ1v) is 8.54. The van der Waals surface area contributed by atoms with Gasteiger partial charge in [-0.15, -0.1) is 11.3 Å². The van der Waals surface area contributed by atoms with Gasteiger partial charge in [0.2, 0.25) is 0 Å². The molecule has 0 saturated heterocycles. The molecule has 1 aromatic rings. The Morgan fingerprint density at radius 1 is 1.35 bits per heavy atom. The van der Waals surface area contributed by atoms with Crippen LogP contribution in [0.2, 0.25) is 0 Å². The lowest BCUT2D eigenvalue weighted by Crippen LogP contribution is -2.34. The zero-order valence-electron chi connectivity index (χ0n) is 14.0. The summed E-state index contributed by atoms with van der Waals surface area (Å²) in [4.78, 5) is 2.79. The second-order valence-electron chi connectivity index (χ2n) is 6.81. The monoisotopic (exact) mass is 297 g/mol. The van der Waals surface area contributed by atoms with E-state index >= 15 is 0 Å². The molecule has 0 spiro atoms. The van der Waals surface area contributed by atoms with Gasteiger partial charge in [-0.1, -0.05) is 20.3 Å². The van der Waals surface area contributed by atoms with Gasteiger partial charge < -0.3 is 10.1 Å². The van der Waals surface area contributed by atoms with Crippen molar-refractivity contribution in [2.45, 2.75) is 73.1 Å². The van der Waals surface area contributed by atoms with E-state index in [0.29, 0.717) is 5.92 Å². The van der Waals surface area contributed by atoms with Crippen molar-refractivity contribution < 1.29 is 4.74 Å². The van der Waals surface area contributed by atoms with Crippen molar-refractivity contribution in [3.63, 3.8) is 0 Å². The summed E-state index contributed by atoms with van der Waals surface area (Å²) < 4.78 is 5.86. The van der Waals surface area contributed by atoms with E-state index in [1.165, 1.54) is 28.2 Å². The largest absolute Gasteiger partial charge is 0.376 e. The summed E-state index contributed by atoms with van der Waals surface area (Å²) >= 11 is 1.88. The second kappa shape index (κ2) is 8.16. The molecule has 1 heterocycles. The summed E-state index contributed by atoms with van der Waals surface area (Å²) in [6.07, 6.45) is 2.49. The third-order valence-electron chi connectivity index (χ3n) is 3.31. The maximum atomic E-state index is 5.86. The van der Waals surface area contributed by atoms with Gasteiger partial charge >= 0.3 is 0 Å². The lowest BCUT2D eigenvalue weighted by atomic mass is 10.1. The molecule has 0 fully saturated rings. The van der Waals surface area contributed by atoms with Crippen LogP contribution in [-0.4, -0.2) is 12.1 Å². The summed E-state index contributed by atoms with van der Waals surface area (Å²) in [5.41, 5.74) is 1.52. The average molecular weight is 298 g/mol. The molecule has 20 heavy (non-hydrogen) atoms. The van der Waals surface area contributed by atoms with Gasteiger partial charge in [0.15, 0.2) is 0 Å². The van der Waals surface area contributed by atoms with Crippen LogP contribution in [0, 0.1) is 12.8 Å². The van der Waals surface area contributed by atoms with Crippen molar-refractivity contribution in [2.24, 2.45) is 5.92 Å². The third kappa shape index (κ3) is 6.87. The molecular weight excluding hydrogens is 266 g/mol. The fourth-order valence-corrected chi connectivity index (χ4v) is 3.10. The van der Waals surface area contributed by atoms with E-state index in [4.69, 9.17) is 4.74 Å². The van der Waals surface area contributed by atoms with Crippen LogP contribution in [0.25, 0.3) is 0 Å². The number of thiophene rings is 1. The third-order valence-corrected chi connectivity index (χ3v) is 4.40. The molecule has 0 aromatic carbocycles. The van der Waals surface area contributed by atoms with Crippen LogP contribution < -0.4 is 5.32 Å². The van der Waals surface area contributed by atoms with Crippen LogP contribution in [0.1, 0.15) is 62.8 Å². The molecule has 1 rings (SSSR count). The molecular formula is C17H31NOS. The Bertz CT molecular complexity index is 392. The molecule has 0 aliphatic heterocycles. The van der Waals surface area contributed by atoms with Crippen LogP contribution in [0.4, 0.5) is 0 Å². The molecule has 0 aliphatic carbocycles. The van der Waals surface area contributed by atoms with E-state index in [0.717, 1.165) is 19.8 Å². The zero-order chi connectivity index (χ0) is 15.2. The van der Waals surface area contributed by atoms with Crippen molar-refractivity contribution in [1.29, 1.82) is 0 Å². The Morgan fingerprint density at radius 2 is 2.05 bits per heavy atom. The van der Waals surface area contributed by atoms with Crippen LogP contribution >= 0.6 is 11.3 Å². The van der Waals surface area contributed by atoms with Gasteiger partial charge in [0, 0.05) is 28.4 Å². The van der Waals surface area contributed by atoms with E-state index in [1.807, 2.05) is 11.3 Å². The molecule has 0 saturated carbocycles. The first-order chi connectivity index (χ1) is 9.31. The minimum atomic E-state index is 0.171.